The number of thioether (sulfide) groups is 1. The van der Waals surface area contributed by atoms with Gasteiger partial charge in [0.05, 0.1) is 0 Å². The molecular weight excluding hydrogens is 259 g/mol. The van der Waals surface area contributed by atoms with E-state index >= 15 is 0 Å². The second-order valence-corrected chi connectivity index (χ2v) is 6.90. The van der Waals surface area contributed by atoms with Gasteiger partial charge in [-0.25, -0.2) is 4.39 Å². The maximum Gasteiger partial charge on any atom is 0.123 e. The van der Waals surface area contributed by atoms with E-state index in [1.807, 2.05) is 17.8 Å². The quantitative estimate of drug-likeness (QED) is 0.896. The van der Waals surface area contributed by atoms with Crippen molar-refractivity contribution in [1.29, 1.82) is 0 Å². The minimum Gasteiger partial charge on any atom is -0.306 e. The molecule has 1 aromatic rings. The molecule has 3 atom stereocenters. The molecule has 2 heterocycles. The van der Waals surface area contributed by atoms with Crippen molar-refractivity contribution in [1.82, 2.24) is 10.2 Å². The molecule has 0 aliphatic carbocycles. The largest absolute Gasteiger partial charge is 0.306 e. The molecule has 0 spiro atoms. The predicted molar refractivity (Wildman–Crippen MR) is 78.1 cm³/mol. The summed E-state index contributed by atoms with van der Waals surface area (Å²) in [5, 5.41) is 3.74. The van der Waals surface area contributed by atoms with Crippen molar-refractivity contribution < 1.29 is 4.39 Å². The maximum atomic E-state index is 13.5. The van der Waals surface area contributed by atoms with Crippen molar-refractivity contribution >= 4 is 11.8 Å². The van der Waals surface area contributed by atoms with E-state index in [2.05, 4.69) is 24.2 Å². The summed E-state index contributed by atoms with van der Waals surface area (Å²) in [5.74, 6) is 0.999. The van der Waals surface area contributed by atoms with Gasteiger partial charge in [-0.3, -0.25) is 0 Å². The molecule has 2 nitrogen and oxygen atoms in total. The Hall–Kier alpha value is -0.580. The second-order valence-electron chi connectivity index (χ2n) is 5.76. The molecule has 2 aliphatic rings. The van der Waals surface area contributed by atoms with Crippen LogP contribution in [0.4, 0.5) is 4.39 Å². The number of nitrogens with one attached hydrogen (secondary N) is 1. The van der Waals surface area contributed by atoms with Crippen LogP contribution in [0.3, 0.4) is 0 Å². The van der Waals surface area contributed by atoms with E-state index in [1.165, 1.54) is 11.3 Å². The molecule has 3 unspecified atom stereocenters. The summed E-state index contributed by atoms with van der Waals surface area (Å²) in [4.78, 5) is 3.63. The average Bonchev–Trinajstić information content (AvgIpc) is 2.69. The summed E-state index contributed by atoms with van der Waals surface area (Å²) in [6, 6.07) is 6.69. The third-order valence-corrected chi connectivity index (χ3v) is 5.46. The van der Waals surface area contributed by atoms with Gasteiger partial charge in [-0.1, -0.05) is 0 Å². The van der Waals surface area contributed by atoms with Crippen molar-refractivity contribution in [3.8, 4) is 0 Å². The molecule has 104 valence electrons. The van der Waals surface area contributed by atoms with Gasteiger partial charge < -0.3 is 10.2 Å². The fourth-order valence-corrected chi connectivity index (χ4v) is 4.24. The van der Waals surface area contributed by atoms with Gasteiger partial charge in [0.2, 0.25) is 0 Å². The third kappa shape index (κ3) is 2.81. The first-order valence-electron chi connectivity index (χ1n) is 7.02. The fourth-order valence-electron chi connectivity index (χ4n) is 3.14. The van der Waals surface area contributed by atoms with E-state index in [1.54, 1.807) is 12.1 Å². The zero-order valence-electron chi connectivity index (χ0n) is 11.5. The molecule has 1 fully saturated rings. The number of halogens is 1. The minimum absolute atomic E-state index is 0.120. The van der Waals surface area contributed by atoms with E-state index < -0.39 is 0 Å². The average molecular weight is 280 g/mol. The number of rotatable bonds is 2. The fraction of sp³-hybridized carbons (Fsp3) is 0.600. The molecule has 0 amide bonds. The van der Waals surface area contributed by atoms with Crippen LogP contribution in [0.25, 0.3) is 0 Å². The van der Waals surface area contributed by atoms with E-state index in [4.69, 9.17) is 0 Å². The molecule has 0 saturated carbocycles. The Bertz CT molecular complexity index is 455. The first kappa shape index (κ1) is 13.4. The van der Waals surface area contributed by atoms with Gasteiger partial charge in [0, 0.05) is 29.6 Å². The van der Waals surface area contributed by atoms with Crippen molar-refractivity contribution in [3.05, 3.63) is 29.6 Å². The van der Waals surface area contributed by atoms with E-state index in [9.17, 15) is 4.39 Å². The normalized spacial score (nSPS) is 31.4. The van der Waals surface area contributed by atoms with Gasteiger partial charge >= 0.3 is 0 Å². The van der Waals surface area contributed by atoms with Gasteiger partial charge in [-0.15, -0.1) is 11.8 Å². The topological polar surface area (TPSA) is 15.3 Å². The highest BCUT2D eigenvalue weighted by Crippen LogP contribution is 2.37. The van der Waals surface area contributed by atoms with Crippen molar-refractivity contribution in [2.24, 2.45) is 0 Å². The third-order valence-electron chi connectivity index (χ3n) is 4.33. The van der Waals surface area contributed by atoms with Gasteiger partial charge in [0.15, 0.2) is 0 Å². The lowest BCUT2D eigenvalue weighted by molar-refractivity contribution is 0.323. The maximum absolute atomic E-state index is 13.5. The summed E-state index contributed by atoms with van der Waals surface area (Å²) in [5.41, 5.74) is 1.15. The molecule has 3 rings (SSSR count). The van der Waals surface area contributed by atoms with Gasteiger partial charge in [0.25, 0.3) is 0 Å². The molecule has 19 heavy (non-hydrogen) atoms. The number of fused-ring (bicyclic) bond motifs is 1. The molecule has 1 aromatic carbocycles. The summed E-state index contributed by atoms with van der Waals surface area (Å²) in [7, 11) is 2.18. The van der Waals surface area contributed by atoms with E-state index in [0.717, 1.165) is 24.3 Å². The zero-order valence-corrected chi connectivity index (χ0v) is 12.3. The van der Waals surface area contributed by atoms with Crippen LogP contribution >= 0.6 is 11.8 Å². The van der Waals surface area contributed by atoms with Crippen LogP contribution in [-0.2, 0) is 0 Å². The monoisotopic (exact) mass is 280 g/mol. The Morgan fingerprint density at radius 1 is 1.42 bits per heavy atom. The number of likely N-dealkylation sites (tertiary alicyclic amines) is 1. The lowest BCUT2D eigenvalue weighted by Crippen LogP contribution is -2.36. The first-order chi connectivity index (χ1) is 9.13. The van der Waals surface area contributed by atoms with Crippen LogP contribution < -0.4 is 5.32 Å². The Labute approximate surface area is 118 Å². The highest BCUT2D eigenvalue weighted by Gasteiger charge is 2.30. The Morgan fingerprint density at radius 2 is 2.26 bits per heavy atom. The summed E-state index contributed by atoms with van der Waals surface area (Å²) < 4.78 is 13.5. The molecule has 4 heteroatoms. The highest BCUT2D eigenvalue weighted by molar-refractivity contribution is 7.99. The molecule has 1 N–H and O–H groups in total. The lowest BCUT2D eigenvalue weighted by Gasteiger charge is -2.28. The molecule has 0 radical (unpaired) electrons. The van der Waals surface area contributed by atoms with Crippen LogP contribution in [0, 0.1) is 5.82 Å². The van der Waals surface area contributed by atoms with E-state index in [0.29, 0.717) is 18.1 Å². The smallest absolute Gasteiger partial charge is 0.123 e. The number of nitrogens with zero attached hydrogens (tertiary/aromatic N) is 1. The molecular formula is C15H21FN2S. The number of benzene rings is 1. The van der Waals surface area contributed by atoms with Crippen molar-refractivity contribution in [2.45, 2.75) is 42.8 Å². The second kappa shape index (κ2) is 5.43. The molecule has 0 aromatic heterocycles. The zero-order chi connectivity index (χ0) is 13.4. The highest BCUT2D eigenvalue weighted by atomic mass is 32.2. The summed E-state index contributed by atoms with van der Waals surface area (Å²) in [6.07, 6.45) is 2.28. The lowest BCUT2D eigenvalue weighted by atomic mass is 10.0. The summed E-state index contributed by atoms with van der Waals surface area (Å²) >= 11 is 1.84. The number of likely N-dealkylation sites (N-methyl/N-ethyl adjacent to an activating group) is 1. The van der Waals surface area contributed by atoms with E-state index in [-0.39, 0.29) is 5.82 Å². The summed E-state index contributed by atoms with van der Waals surface area (Å²) in [6.45, 7) is 3.36. The Kier molecular flexibility index (Phi) is 3.83. The minimum atomic E-state index is -0.120. The SMILES string of the molecule is CC1CC(NC2CCSc3ccc(F)cc32)CN1C. The van der Waals surface area contributed by atoms with Gasteiger partial charge in [0.1, 0.15) is 5.82 Å². The van der Waals surface area contributed by atoms with Crippen LogP contribution in [0.1, 0.15) is 31.4 Å². The van der Waals surface area contributed by atoms with Gasteiger partial charge in [-0.05, 0) is 56.3 Å². The number of hydrogen-bond acceptors (Lipinski definition) is 3. The van der Waals surface area contributed by atoms with Crippen LogP contribution in [0.5, 0.6) is 0 Å². The standard InChI is InChI=1S/C15H21FN2S/c1-10-7-12(9-18(10)2)17-14-5-6-19-15-4-3-11(16)8-13(14)15/h3-4,8,10,12,14,17H,5-7,9H2,1-2H3. The molecule has 2 aliphatic heterocycles. The first-order valence-corrected chi connectivity index (χ1v) is 8.00. The van der Waals surface area contributed by atoms with Crippen LogP contribution in [-0.4, -0.2) is 36.3 Å². The van der Waals surface area contributed by atoms with Crippen molar-refractivity contribution in [3.63, 3.8) is 0 Å². The predicted octanol–water partition coefficient (Wildman–Crippen LogP) is 3.04. The molecule has 1 saturated heterocycles. The number of hydrogen-bond donors (Lipinski definition) is 1. The van der Waals surface area contributed by atoms with Gasteiger partial charge in [-0.2, -0.15) is 0 Å². The van der Waals surface area contributed by atoms with Crippen molar-refractivity contribution in [2.75, 3.05) is 19.3 Å². The molecule has 0 bridgehead atoms. The Morgan fingerprint density at radius 3 is 3.00 bits per heavy atom. The van der Waals surface area contributed by atoms with Crippen LogP contribution in [0.2, 0.25) is 0 Å². The Balaban J connectivity index is 1.75. The van der Waals surface area contributed by atoms with Crippen LogP contribution in [0.15, 0.2) is 23.1 Å².